The largest absolute Gasteiger partial charge is 0.494 e. The molecule has 1 N–H and O–H groups in total. The number of benzene rings is 2. The second-order valence-electron chi connectivity index (χ2n) is 8.22. The van der Waals surface area contributed by atoms with Crippen LogP contribution in [0.1, 0.15) is 5.56 Å². The number of ether oxygens (including phenoxy) is 4. The molecular formula is C23H27NO6Si. The highest BCUT2D eigenvalue weighted by atomic mass is 28.3. The summed E-state index contributed by atoms with van der Waals surface area (Å²) in [6, 6.07) is 11.1. The van der Waals surface area contributed by atoms with Gasteiger partial charge in [-0.3, -0.25) is 9.59 Å². The average Bonchev–Trinajstić information content (AvgIpc) is 3.09. The lowest BCUT2D eigenvalue weighted by atomic mass is 10.2. The second kappa shape index (κ2) is 8.85. The minimum atomic E-state index is -1.54. The van der Waals surface area contributed by atoms with Gasteiger partial charge in [0.25, 0.3) is 11.9 Å². The van der Waals surface area contributed by atoms with E-state index in [1.54, 1.807) is 18.2 Å². The van der Waals surface area contributed by atoms with Crippen LogP contribution in [0.15, 0.2) is 48.4 Å². The fraction of sp³-hybridized carbons (Fsp3) is 0.304. The third-order valence-electron chi connectivity index (χ3n) is 4.93. The standard InChI is InChI=1S/C23H27NO6Si/c1-14-10-11-15(31(4,5)6)12-19(14)29-20-13-16(25)22(30-20)23(26)24-21-17(27-2)8-7-9-18(21)28-3/h7-13,22H,1-6H3,(H,24,26). The Morgan fingerprint density at radius 2 is 1.68 bits per heavy atom. The molecular weight excluding hydrogens is 414 g/mol. The van der Waals surface area contributed by atoms with Crippen molar-refractivity contribution in [2.24, 2.45) is 0 Å². The number of amides is 1. The summed E-state index contributed by atoms with van der Waals surface area (Å²) in [5, 5.41) is 3.88. The van der Waals surface area contributed by atoms with E-state index in [0.717, 1.165) is 5.56 Å². The van der Waals surface area contributed by atoms with E-state index in [-0.39, 0.29) is 5.95 Å². The van der Waals surface area contributed by atoms with E-state index in [9.17, 15) is 9.59 Å². The van der Waals surface area contributed by atoms with Crippen molar-refractivity contribution in [3.8, 4) is 17.2 Å². The van der Waals surface area contributed by atoms with Crippen LogP contribution in [0.4, 0.5) is 5.69 Å². The van der Waals surface area contributed by atoms with Gasteiger partial charge in [-0.25, -0.2) is 0 Å². The van der Waals surface area contributed by atoms with Crippen LogP contribution in [-0.2, 0) is 14.3 Å². The number of carbonyl (C=O) groups is 2. The molecule has 31 heavy (non-hydrogen) atoms. The zero-order chi connectivity index (χ0) is 22.8. The summed E-state index contributed by atoms with van der Waals surface area (Å²) in [4.78, 5) is 25.2. The van der Waals surface area contributed by atoms with E-state index in [2.05, 4.69) is 31.0 Å². The monoisotopic (exact) mass is 441 g/mol. The molecule has 2 aromatic carbocycles. The number of ketones is 1. The van der Waals surface area contributed by atoms with Crippen LogP contribution in [0.25, 0.3) is 0 Å². The average molecular weight is 442 g/mol. The smallest absolute Gasteiger partial charge is 0.289 e. The maximum atomic E-state index is 12.8. The van der Waals surface area contributed by atoms with Crippen LogP contribution < -0.4 is 24.7 Å². The number of carbonyl (C=O) groups excluding carboxylic acids is 2. The Hall–Kier alpha value is -3.26. The van der Waals surface area contributed by atoms with Crippen molar-refractivity contribution in [1.82, 2.24) is 0 Å². The molecule has 1 heterocycles. The van der Waals surface area contributed by atoms with Gasteiger partial charge in [0.15, 0.2) is 0 Å². The minimum Gasteiger partial charge on any atom is -0.494 e. The van der Waals surface area contributed by atoms with E-state index in [0.29, 0.717) is 22.9 Å². The Kier molecular flexibility index (Phi) is 6.40. The summed E-state index contributed by atoms with van der Waals surface area (Å²) in [5.74, 6) is 0.262. The first kappa shape index (κ1) is 22.4. The molecule has 0 aliphatic carbocycles. The minimum absolute atomic E-state index is 0.00651. The van der Waals surface area contributed by atoms with Gasteiger partial charge < -0.3 is 24.3 Å². The number of aryl methyl sites for hydroxylation is 1. The van der Waals surface area contributed by atoms with Gasteiger partial charge in [0, 0.05) is 0 Å². The SMILES string of the molecule is COc1cccc(OC)c1NC(=O)C1OC(Oc2cc([Si](C)(C)C)ccc2C)=CC1=O. The Labute approximate surface area is 183 Å². The molecule has 0 bridgehead atoms. The molecule has 1 aliphatic heterocycles. The van der Waals surface area contributed by atoms with Gasteiger partial charge in [-0.1, -0.05) is 43.0 Å². The molecule has 1 atom stereocenters. The molecule has 0 radical (unpaired) electrons. The molecule has 0 spiro atoms. The molecule has 1 unspecified atom stereocenters. The molecule has 0 saturated carbocycles. The number of methoxy groups -OCH3 is 2. The molecule has 2 aromatic rings. The van der Waals surface area contributed by atoms with Crippen LogP contribution in [0.5, 0.6) is 17.2 Å². The quantitative estimate of drug-likeness (QED) is 0.524. The summed E-state index contributed by atoms with van der Waals surface area (Å²) in [5.41, 5.74) is 1.23. The van der Waals surface area contributed by atoms with Crippen LogP contribution in [0.2, 0.25) is 19.6 Å². The summed E-state index contributed by atoms with van der Waals surface area (Å²) in [7, 11) is 1.41. The van der Waals surface area contributed by atoms with Gasteiger partial charge in [0.1, 0.15) is 22.9 Å². The van der Waals surface area contributed by atoms with E-state index >= 15 is 0 Å². The highest BCUT2D eigenvalue weighted by Crippen LogP contribution is 2.34. The number of para-hydroxylation sites is 1. The number of rotatable bonds is 7. The zero-order valence-corrected chi connectivity index (χ0v) is 19.6. The summed E-state index contributed by atoms with van der Waals surface area (Å²) in [6.07, 6.45) is -0.158. The van der Waals surface area contributed by atoms with Crippen molar-refractivity contribution < 1.29 is 28.5 Å². The van der Waals surface area contributed by atoms with Gasteiger partial charge in [-0.05, 0) is 30.7 Å². The number of hydrogen-bond acceptors (Lipinski definition) is 6. The summed E-state index contributed by atoms with van der Waals surface area (Å²) in [6.45, 7) is 8.63. The van der Waals surface area contributed by atoms with Crippen LogP contribution in [-0.4, -0.2) is 40.1 Å². The van der Waals surface area contributed by atoms with Crippen molar-refractivity contribution in [1.29, 1.82) is 0 Å². The lowest BCUT2D eigenvalue weighted by molar-refractivity contribution is -0.134. The van der Waals surface area contributed by atoms with E-state index in [4.69, 9.17) is 18.9 Å². The van der Waals surface area contributed by atoms with Crippen molar-refractivity contribution in [2.75, 3.05) is 19.5 Å². The van der Waals surface area contributed by atoms with Crippen LogP contribution in [0.3, 0.4) is 0 Å². The molecule has 7 nitrogen and oxygen atoms in total. The number of nitrogens with one attached hydrogen (secondary N) is 1. The Morgan fingerprint density at radius 1 is 1.03 bits per heavy atom. The van der Waals surface area contributed by atoms with Gasteiger partial charge in [0.05, 0.1) is 28.4 Å². The highest BCUT2D eigenvalue weighted by Gasteiger charge is 2.36. The van der Waals surface area contributed by atoms with E-state index in [1.165, 1.54) is 25.5 Å². The first-order chi connectivity index (χ1) is 14.6. The molecule has 0 saturated heterocycles. The normalized spacial score (nSPS) is 15.7. The topological polar surface area (TPSA) is 83.1 Å². The van der Waals surface area contributed by atoms with Crippen molar-refractivity contribution in [2.45, 2.75) is 32.7 Å². The van der Waals surface area contributed by atoms with Gasteiger partial charge in [-0.2, -0.15) is 0 Å². The third kappa shape index (κ3) is 4.91. The number of hydrogen-bond donors (Lipinski definition) is 1. The molecule has 0 fully saturated rings. The molecule has 3 rings (SSSR count). The predicted octanol–water partition coefficient (Wildman–Crippen LogP) is 3.38. The van der Waals surface area contributed by atoms with E-state index in [1.807, 2.05) is 19.1 Å². The van der Waals surface area contributed by atoms with Gasteiger partial charge in [-0.15, -0.1) is 0 Å². The van der Waals surface area contributed by atoms with Crippen molar-refractivity contribution >= 4 is 30.6 Å². The molecule has 1 amide bonds. The zero-order valence-electron chi connectivity index (χ0n) is 18.6. The fourth-order valence-corrected chi connectivity index (χ4v) is 4.23. The highest BCUT2D eigenvalue weighted by molar-refractivity contribution is 6.88. The Bertz CT molecular complexity index is 1020. The van der Waals surface area contributed by atoms with Gasteiger partial charge >= 0.3 is 0 Å². The lowest BCUT2D eigenvalue weighted by Gasteiger charge is -2.19. The second-order valence-corrected chi connectivity index (χ2v) is 13.3. The first-order valence-electron chi connectivity index (χ1n) is 9.87. The van der Waals surface area contributed by atoms with Crippen LogP contribution in [0, 0.1) is 6.92 Å². The Balaban J connectivity index is 1.75. The fourth-order valence-electron chi connectivity index (χ4n) is 3.08. The van der Waals surface area contributed by atoms with Crippen molar-refractivity contribution in [3.05, 3.63) is 54.0 Å². The first-order valence-corrected chi connectivity index (χ1v) is 13.4. The third-order valence-corrected chi connectivity index (χ3v) is 6.97. The van der Waals surface area contributed by atoms with Crippen molar-refractivity contribution in [3.63, 3.8) is 0 Å². The summed E-state index contributed by atoms with van der Waals surface area (Å²) < 4.78 is 21.9. The van der Waals surface area contributed by atoms with E-state index < -0.39 is 25.9 Å². The lowest BCUT2D eigenvalue weighted by Crippen LogP contribution is -2.37. The molecule has 1 aliphatic rings. The van der Waals surface area contributed by atoms with Crippen LogP contribution >= 0.6 is 0 Å². The molecule has 164 valence electrons. The Morgan fingerprint density at radius 3 is 2.26 bits per heavy atom. The number of anilines is 1. The van der Waals surface area contributed by atoms with Gasteiger partial charge in [0.2, 0.25) is 11.9 Å². The molecule has 8 heteroatoms. The molecule has 0 aromatic heterocycles. The maximum Gasteiger partial charge on any atom is 0.289 e. The summed E-state index contributed by atoms with van der Waals surface area (Å²) >= 11 is 0. The predicted molar refractivity (Wildman–Crippen MR) is 121 cm³/mol. The maximum absolute atomic E-state index is 12.8.